The highest BCUT2D eigenvalue weighted by atomic mass is 35.5. The van der Waals surface area contributed by atoms with Gasteiger partial charge in [-0.3, -0.25) is 9.69 Å². The van der Waals surface area contributed by atoms with Gasteiger partial charge in [0, 0.05) is 48.9 Å². The number of halogens is 1. The van der Waals surface area contributed by atoms with Crippen LogP contribution in [-0.4, -0.2) is 51.9 Å². The van der Waals surface area contributed by atoms with Crippen LogP contribution in [0.5, 0.6) is 0 Å². The molecule has 3 aromatic carbocycles. The highest BCUT2D eigenvalue weighted by Gasteiger charge is 2.22. The zero-order chi connectivity index (χ0) is 21.2. The molecule has 31 heavy (non-hydrogen) atoms. The average Bonchev–Trinajstić information content (AvgIpc) is 3.23. The van der Waals surface area contributed by atoms with Crippen molar-refractivity contribution in [3.05, 3.63) is 88.9 Å². The molecule has 1 fully saturated rings. The zero-order valence-electron chi connectivity index (χ0n) is 17.1. The highest BCUT2D eigenvalue weighted by Crippen LogP contribution is 2.23. The van der Waals surface area contributed by atoms with Gasteiger partial charge in [-0.25, -0.2) is 4.98 Å². The van der Waals surface area contributed by atoms with Gasteiger partial charge in [0.25, 0.3) is 5.91 Å². The minimum atomic E-state index is 0.0855. The Balaban J connectivity index is 1.23. The fourth-order valence-electron chi connectivity index (χ4n) is 4.02. The van der Waals surface area contributed by atoms with Crippen molar-refractivity contribution in [3.8, 4) is 11.4 Å². The van der Waals surface area contributed by atoms with E-state index in [0.717, 1.165) is 55.1 Å². The third-order valence-electron chi connectivity index (χ3n) is 5.76. The van der Waals surface area contributed by atoms with Crippen molar-refractivity contribution in [1.29, 1.82) is 0 Å². The topological polar surface area (TPSA) is 52.2 Å². The first-order chi connectivity index (χ1) is 15.2. The Hall–Kier alpha value is -3.15. The summed E-state index contributed by atoms with van der Waals surface area (Å²) in [7, 11) is 0. The molecule has 5 rings (SSSR count). The van der Waals surface area contributed by atoms with Gasteiger partial charge in [-0.2, -0.15) is 0 Å². The Kier molecular flexibility index (Phi) is 5.45. The van der Waals surface area contributed by atoms with Crippen molar-refractivity contribution in [3.63, 3.8) is 0 Å². The summed E-state index contributed by atoms with van der Waals surface area (Å²) < 4.78 is 0. The molecule has 1 aliphatic rings. The molecular weight excluding hydrogens is 408 g/mol. The first kappa shape index (κ1) is 19.8. The van der Waals surface area contributed by atoms with E-state index in [1.54, 1.807) is 0 Å². The minimum Gasteiger partial charge on any atom is -0.338 e. The van der Waals surface area contributed by atoms with Gasteiger partial charge < -0.3 is 9.88 Å². The van der Waals surface area contributed by atoms with Crippen molar-refractivity contribution in [2.75, 3.05) is 26.2 Å². The van der Waals surface area contributed by atoms with E-state index >= 15 is 0 Å². The van der Waals surface area contributed by atoms with Gasteiger partial charge in [0.2, 0.25) is 0 Å². The van der Waals surface area contributed by atoms with Gasteiger partial charge in [-0.1, -0.05) is 54.1 Å². The Morgan fingerprint density at radius 2 is 1.68 bits per heavy atom. The predicted octanol–water partition coefficient (Wildman–Crippen LogP) is 4.84. The van der Waals surface area contributed by atoms with Crippen LogP contribution in [0.3, 0.4) is 0 Å². The number of aromatic nitrogens is 2. The van der Waals surface area contributed by atoms with Crippen LogP contribution in [0.2, 0.25) is 5.02 Å². The Morgan fingerprint density at radius 3 is 2.42 bits per heavy atom. The van der Waals surface area contributed by atoms with E-state index in [0.29, 0.717) is 10.6 Å². The van der Waals surface area contributed by atoms with Gasteiger partial charge in [0.1, 0.15) is 5.82 Å². The largest absolute Gasteiger partial charge is 0.338 e. The Bertz CT molecular complexity index is 1200. The molecule has 156 valence electrons. The molecule has 1 saturated heterocycles. The number of fused-ring (bicyclic) bond motifs is 1. The molecule has 0 aliphatic carbocycles. The number of amides is 1. The van der Waals surface area contributed by atoms with Gasteiger partial charge in [-0.05, 0) is 35.9 Å². The smallest absolute Gasteiger partial charge is 0.253 e. The lowest BCUT2D eigenvalue weighted by Crippen LogP contribution is -2.48. The molecule has 6 heteroatoms. The standard InChI is InChI=1S/C25H23ClN4O/c26-21-10-11-22-23(16-21)28-24(27-22)19-6-8-20(9-7-19)25(31)30-14-12-29(13-15-30)17-18-4-2-1-3-5-18/h1-11,16H,12-15,17H2,(H,27,28). The van der Waals surface area contributed by atoms with Gasteiger partial charge in [-0.15, -0.1) is 0 Å². The molecule has 0 radical (unpaired) electrons. The first-order valence-corrected chi connectivity index (χ1v) is 10.8. The number of imidazole rings is 1. The molecule has 2 heterocycles. The number of H-pyrrole nitrogens is 1. The summed E-state index contributed by atoms with van der Waals surface area (Å²) in [6, 6.07) is 23.7. The molecule has 0 unspecified atom stereocenters. The SMILES string of the molecule is O=C(c1ccc(-c2nc3ccc(Cl)cc3[nH]2)cc1)N1CCN(Cc2ccccc2)CC1. The molecule has 0 atom stereocenters. The van der Waals surface area contributed by atoms with E-state index < -0.39 is 0 Å². The van der Waals surface area contributed by atoms with Crippen molar-refractivity contribution in [2.45, 2.75) is 6.54 Å². The van der Waals surface area contributed by atoms with Crippen LogP contribution in [-0.2, 0) is 6.54 Å². The lowest BCUT2D eigenvalue weighted by atomic mass is 10.1. The number of carbonyl (C=O) groups is 1. The van der Waals surface area contributed by atoms with E-state index in [1.807, 2.05) is 53.4 Å². The third kappa shape index (κ3) is 4.33. The van der Waals surface area contributed by atoms with Crippen LogP contribution in [0.25, 0.3) is 22.4 Å². The van der Waals surface area contributed by atoms with Crippen LogP contribution in [0.1, 0.15) is 15.9 Å². The fourth-order valence-corrected chi connectivity index (χ4v) is 4.19. The summed E-state index contributed by atoms with van der Waals surface area (Å²) in [5.74, 6) is 0.855. The minimum absolute atomic E-state index is 0.0855. The monoisotopic (exact) mass is 430 g/mol. The average molecular weight is 431 g/mol. The molecule has 4 aromatic rings. The molecule has 0 bridgehead atoms. The van der Waals surface area contributed by atoms with Gasteiger partial charge in [0.15, 0.2) is 0 Å². The molecule has 1 aromatic heterocycles. The maximum Gasteiger partial charge on any atom is 0.253 e. The van der Waals surface area contributed by atoms with Crippen molar-refractivity contribution in [2.24, 2.45) is 0 Å². The normalized spacial score (nSPS) is 14.8. The van der Waals surface area contributed by atoms with Crippen molar-refractivity contribution in [1.82, 2.24) is 19.8 Å². The Labute approximate surface area is 186 Å². The van der Waals surface area contributed by atoms with Crippen LogP contribution in [0.15, 0.2) is 72.8 Å². The number of aromatic amines is 1. The number of hydrogen-bond acceptors (Lipinski definition) is 3. The first-order valence-electron chi connectivity index (χ1n) is 10.5. The van der Waals surface area contributed by atoms with E-state index in [2.05, 4.69) is 39.1 Å². The second kappa shape index (κ2) is 8.53. The van der Waals surface area contributed by atoms with Crippen LogP contribution in [0.4, 0.5) is 0 Å². The number of nitrogens with zero attached hydrogens (tertiary/aromatic N) is 3. The van der Waals surface area contributed by atoms with Crippen LogP contribution < -0.4 is 0 Å². The zero-order valence-corrected chi connectivity index (χ0v) is 17.8. The van der Waals surface area contributed by atoms with Crippen LogP contribution in [0, 0.1) is 0 Å². The summed E-state index contributed by atoms with van der Waals surface area (Å²) in [6.07, 6.45) is 0. The lowest BCUT2D eigenvalue weighted by molar-refractivity contribution is 0.0628. The molecule has 1 aliphatic heterocycles. The maximum absolute atomic E-state index is 13.0. The van der Waals surface area contributed by atoms with Crippen molar-refractivity contribution >= 4 is 28.5 Å². The van der Waals surface area contributed by atoms with E-state index in [1.165, 1.54) is 5.56 Å². The van der Waals surface area contributed by atoms with E-state index in [9.17, 15) is 4.79 Å². The summed E-state index contributed by atoms with van der Waals surface area (Å²) in [4.78, 5) is 25.2. The van der Waals surface area contributed by atoms with E-state index in [-0.39, 0.29) is 5.91 Å². The molecule has 1 amide bonds. The number of benzene rings is 3. The molecular formula is C25H23ClN4O. The highest BCUT2D eigenvalue weighted by molar-refractivity contribution is 6.31. The quantitative estimate of drug-likeness (QED) is 0.504. The maximum atomic E-state index is 13.0. The second-order valence-electron chi connectivity index (χ2n) is 7.88. The summed E-state index contributed by atoms with van der Waals surface area (Å²) in [6.45, 7) is 4.20. The van der Waals surface area contributed by atoms with Gasteiger partial charge in [0.05, 0.1) is 11.0 Å². The van der Waals surface area contributed by atoms with Crippen molar-refractivity contribution < 1.29 is 4.79 Å². The number of hydrogen-bond donors (Lipinski definition) is 1. The van der Waals surface area contributed by atoms with Crippen LogP contribution >= 0.6 is 11.6 Å². The van der Waals surface area contributed by atoms with Gasteiger partial charge >= 0.3 is 0 Å². The lowest BCUT2D eigenvalue weighted by Gasteiger charge is -2.34. The third-order valence-corrected chi connectivity index (χ3v) is 5.99. The number of nitrogens with one attached hydrogen (secondary N) is 1. The summed E-state index contributed by atoms with van der Waals surface area (Å²) in [5, 5.41) is 0.674. The Morgan fingerprint density at radius 1 is 0.935 bits per heavy atom. The fraction of sp³-hybridized carbons (Fsp3) is 0.200. The number of rotatable bonds is 4. The number of carbonyl (C=O) groups excluding carboxylic acids is 1. The summed E-state index contributed by atoms with van der Waals surface area (Å²) in [5.41, 5.74) is 4.73. The molecule has 0 spiro atoms. The van der Waals surface area contributed by atoms with E-state index in [4.69, 9.17) is 11.6 Å². The number of piperazine rings is 1. The molecule has 5 nitrogen and oxygen atoms in total. The predicted molar refractivity (Wildman–Crippen MR) is 124 cm³/mol. The summed E-state index contributed by atoms with van der Waals surface area (Å²) >= 11 is 6.06. The molecule has 1 N–H and O–H groups in total. The molecule has 0 saturated carbocycles. The second-order valence-corrected chi connectivity index (χ2v) is 8.31.